The van der Waals surface area contributed by atoms with Gasteiger partial charge in [0.05, 0.1) is 0 Å². The van der Waals surface area contributed by atoms with Gasteiger partial charge < -0.3 is 5.32 Å². The van der Waals surface area contributed by atoms with Gasteiger partial charge in [-0.2, -0.15) is 0 Å². The predicted molar refractivity (Wildman–Crippen MR) is 63.7 cm³/mol. The van der Waals surface area contributed by atoms with E-state index in [1.54, 1.807) is 0 Å². The monoisotopic (exact) mass is 207 g/mol. The first-order chi connectivity index (χ1) is 6.99. The van der Waals surface area contributed by atoms with Gasteiger partial charge in [0.15, 0.2) is 0 Å². The lowest BCUT2D eigenvalue weighted by atomic mass is 9.55. The minimum absolute atomic E-state index is 0.548. The lowest BCUT2D eigenvalue weighted by Gasteiger charge is -2.53. The molecular weight excluding hydrogens is 182 g/mol. The Kier molecular flexibility index (Phi) is 1.77. The Balaban J connectivity index is 2.08. The summed E-state index contributed by atoms with van der Waals surface area (Å²) in [6.07, 6.45) is 7.38. The van der Waals surface area contributed by atoms with Crippen molar-refractivity contribution in [2.75, 3.05) is 7.05 Å². The van der Waals surface area contributed by atoms with Crippen LogP contribution in [-0.2, 0) is 0 Å². The van der Waals surface area contributed by atoms with Gasteiger partial charge >= 0.3 is 0 Å². The largest absolute Gasteiger partial charge is 0.316 e. The zero-order valence-electron chi connectivity index (χ0n) is 10.7. The normalized spacial score (nSPS) is 49.6. The zero-order valence-corrected chi connectivity index (χ0v) is 10.7. The maximum Gasteiger partial charge on any atom is 0.0182 e. The summed E-state index contributed by atoms with van der Waals surface area (Å²) in [6, 6.07) is 0.785. The zero-order chi connectivity index (χ0) is 10.9. The van der Waals surface area contributed by atoms with Gasteiger partial charge in [-0.15, -0.1) is 0 Å². The Morgan fingerprint density at radius 1 is 1.07 bits per heavy atom. The summed E-state index contributed by atoms with van der Waals surface area (Å²) in [5.74, 6) is 0.987. The lowest BCUT2D eigenvalue weighted by Crippen LogP contribution is -2.55. The van der Waals surface area contributed by atoms with Crippen molar-refractivity contribution in [2.45, 2.75) is 58.9 Å². The molecule has 3 rings (SSSR count). The molecule has 3 aliphatic rings. The van der Waals surface area contributed by atoms with Crippen LogP contribution in [0.2, 0.25) is 0 Å². The average Bonchev–Trinajstić information content (AvgIpc) is 2.42. The van der Waals surface area contributed by atoms with E-state index in [1.165, 1.54) is 32.1 Å². The summed E-state index contributed by atoms with van der Waals surface area (Å²) in [7, 11) is 2.19. The first kappa shape index (κ1) is 10.1. The Morgan fingerprint density at radius 2 is 1.73 bits per heavy atom. The molecule has 1 nitrogen and oxygen atoms in total. The molecule has 0 aliphatic heterocycles. The van der Waals surface area contributed by atoms with Crippen LogP contribution >= 0.6 is 0 Å². The van der Waals surface area contributed by atoms with Crippen molar-refractivity contribution >= 4 is 0 Å². The van der Waals surface area contributed by atoms with Gasteiger partial charge in [-0.25, -0.2) is 0 Å². The van der Waals surface area contributed by atoms with Crippen LogP contribution in [0, 0.1) is 22.2 Å². The van der Waals surface area contributed by atoms with Gasteiger partial charge in [0.25, 0.3) is 0 Å². The van der Waals surface area contributed by atoms with E-state index in [-0.39, 0.29) is 0 Å². The van der Waals surface area contributed by atoms with Gasteiger partial charge in [0, 0.05) is 6.04 Å². The van der Waals surface area contributed by atoms with Crippen molar-refractivity contribution in [1.82, 2.24) is 5.32 Å². The smallest absolute Gasteiger partial charge is 0.0182 e. The highest BCUT2D eigenvalue weighted by molar-refractivity contribution is 5.24. The molecule has 0 aromatic carbocycles. The second-order valence-electron chi connectivity index (χ2n) is 7.04. The van der Waals surface area contributed by atoms with E-state index in [9.17, 15) is 0 Å². The molecule has 0 saturated heterocycles. The number of rotatable bonds is 1. The Bertz CT molecular complexity index is 290. The highest BCUT2D eigenvalue weighted by Gasteiger charge is 2.72. The van der Waals surface area contributed by atoms with Gasteiger partial charge in [-0.05, 0) is 54.9 Å². The minimum Gasteiger partial charge on any atom is -0.316 e. The second kappa shape index (κ2) is 2.61. The summed E-state index contributed by atoms with van der Waals surface area (Å²) in [5, 5.41) is 3.68. The van der Waals surface area contributed by atoms with Crippen LogP contribution in [0.25, 0.3) is 0 Å². The van der Waals surface area contributed by atoms with Crippen LogP contribution in [0.5, 0.6) is 0 Å². The fourth-order valence-electron chi connectivity index (χ4n) is 5.71. The van der Waals surface area contributed by atoms with Crippen molar-refractivity contribution in [3.8, 4) is 0 Å². The van der Waals surface area contributed by atoms with Crippen molar-refractivity contribution in [3.63, 3.8) is 0 Å². The fourth-order valence-corrected chi connectivity index (χ4v) is 5.71. The molecule has 0 aromatic rings. The molecule has 2 bridgehead atoms. The summed E-state index contributed by atoms with van der Waals surface area (Å²) < 4.78 is 0. The SMILES string of the molecule is CNC1C2(CCC2)C2CCC1(C)C2(C)C. The summed E-state index contributed by atoms with van der Waals surface area (Å²) >= 11 is 0. The molecule has 1 N–H and O–H groups in total. The number of hydrogen-bond donors (Lipinski definition) is 1. The molecule has 3 aliphatic carbocycles. The third kappa shape index (κ3) is 0.833. The Morgan fingerprint density at radius 3 is 2.13 bits per heavy atom. The first-order valence-electron chi connectivity index (χ1n) is 6.66. The third-order valence-corrected chi connectivity index (χ3v) is 6.77. The molecule has 0 heterocycles. The fraction of sp³-hybridized carbons (Fsp3) is 1.00. The average molecular weight is 207 g/mol. The number of hydrogen-bond acceptors (Lipinski definition) is 1. The van der Waals surface area contributed by atoms with Crippen molar-refractivity contribution in [1.29, 1.82) is 0 Å². The van der Waals surface area contributed by atoms with Crippen LogP contribution in [0.4, 0.5) is 0 Å². The molecule has 0 amide bonds. The topological polar surface area (TPSA) is 12.0 Å². The number of nitrogens with one attached hydrogen (secondary N) is 1. The van der Waals surface area contributed by atoms with Crippen LogP contribution in [0.15, 0.2) is 0 Å². The Hall–Kier alpha value is -0.0400. The van der Waals surface area contributed by atoms with E-state index in [2.05, 4.69) is 33.1 Å². The summed E-state index contributed by atoms with van der Waals surface area (Å²) in [6.45, 7) is 7.60. The molecule has 15 heavy (non-hydrogen) atoms. The highest BCUT2D eigenvalue weighted by atomic mass is 15.0. The van der Waals surface area contributed by atoms with E-state index in [0.717, 1.165) is 12.0 Å². The van der Waals surface area contributed by atoms with Crippen molar-refractivity contribution in [2.24, 2.45) is 22.2 Å². The molecule has 3 fully saturated rings. The summed E-state index contributed by atoms with van der Waals surface area (Å²) in [5.41, 5.74) is 1.79. The molecule has 0 radical (unpaired) electrons. The molecule has 1 spiro atoms. The molecule has 3 saturated carbocycles. The van der Waals surface area contributed by atoms with E-state index in [4.69, 9.17) is 0 Å². The molecule has 86 valence electrons. The van der Waals surface area contributed by atoms with Crippen LogP contribution < -0.4 is 5.32 Å². The molecule has 3 unspecified atom stereocenters. The minimum atomic E-state index is 0.548. The lowest BCUT2D eigenvalue weighted by molar-refractivity contribution is 0.000768. The van der Waals surface area contributed by atoms with E-state index in [1.807, 2.05) is 0 Å². The van der Waals surface area contributed by atoms with Crippen LogP contribution in [-0.4, -0.2) is 13.1 Å². The second-order valence-corrected chi connectivity index (χ2v) is 7.04. The highest BCUT2D eigenvalue weighted by Crippen LogP contribution is 2.76. The first-order valence-corrected chi connectivity index (χ1v) is 6.66. The molecule has 1 heteroatoms. The maximum absolute atomic E-state index is 3.68. The summed E-state index contributed by atoms with van der Waals surface area (Å²) in [4.78, 5) is 0. The van der Waals surface area contributed by atoms with Crippen LogP contribution in [0.3, 0.4) is 0 Å². The standard InChI is InChI=1S/C14H25N/c1-12(2)10-6-9-13(12,3)11(15-4)14(10)7-5-8-14/h10-11,15H,5-9H2,1-4H3. The van der Waals surface area contributed by atoms with Crippen molar-refractivity contribution in [3.05, 3.63) is 0 Å². The van der Waals surface area contributed by atoms with Gasteiger partial charge in [0.1, 0.15) is 0 Å². The molecule has 0 aromatic heterocycles. The number of fused-ring (bicyclic) bond motifs is 3. The quantitative estimate of drug-likeness (QED) is 0.696. The van der Waals surface area contributed by atoms with Gasteiger partial charge in [-0.3, -0.25) is 0 Å². The van der Waals surface area contributed by atoms with E-state index < -0.39 is 0 Å². The maximum atomic E-state index is 3.68. The van der Waals surface area contributed by atoms with E-state index >= 15 is 0 Å². The predicted octanol–water partition coefficient (Wildman–Crippen LogP) is 3.20. The van der Waals surface area contributed by atoms with Crippen LogP contribution in [0.1, 0.15) is 52.9 Å². The molecule has 3 atom stereocenters. The van der Waals surface area contributed by atoms with Crippen molar-refractivity contribution < 1.29 is 0 Å². The van der Waals surface area contributed by atoms with Gasteiger partial charge in [-0.1, -0.05) is 27.2 Å². The Labute approximate surface area is 94.0 Å². The molecular formula is C14H25N. The third-order valence-electron chi connectivity index (χ3n) is 6.77. The van der Waals surface area contributed by atoms with E-state index in [0.29, 0.717) is 16.2 Å². The van der Waals surface area contributed by atoms with Gasteiger partial charge in [0.2, 0.25) is 0 Å².